The Balaban J connectivity index is 1.77. The van der Waals surface area contributed by atoms with Crippen LogP contribution in [0.2, 0.25) is 0 Å². The molecule has 2 heterocycles. The average molecular weight is 390 g/mol. The number of hydrogen-bond acceptors (Lipinski definition) is 6. The minimum Gasteiger partial charge on any atom is -0.460 e. The molecule has 1 unspecified atom stereocenters. The van der Waals surface area contributed by atoms with Gasteiger partial charge in [0.1, 0.15) is 18.4 Å². The second-order valence-corrected chi connectivity index (χ2v) is 7.71. The highest BCUT2D eigenvalue weighted by Gasteiger charge is 2.38. The average Bonchev–Trinajstić information content (AvgIpc) is 2.99. The molecule has 0 bridgehead atoms. The number of carbonyl (C=O) groups is 1. The van der Waals surface area contributed by atoms with Gasteiger partial charge in [-0.3, -0.25) is 19.1 Å². The smallest absolute Gasteiger partial charge is 0.330 e. The van der Waals surface area contributed by atoms with Gasteiger partial charge in [-0.2, -0.15) is 0 Å². The highest BCUT2D eigenvalue weighted by molar-refractivity contribution is 7.99. The minimum atomic E-state index is -0.596. The van der Waals surface area contributed by atoms with Crippen LogP contribution in [0.15, 0.2) is 44.9 Å². The number of ether oxygens (including phenoxy) is 2. The summed E-state index contributed by atoms with van der Waals surface area (Å²) in [4.78, 5) is 38.6. The van der Waals surface area contributed by atoms with E-state index in [1.54, 1.807) is 18.7 Å². The summed E-state index contributed by atoms with van der Waals surface area (Å²) in [6.45, 7) is 5.01. The maximum absolute atomic E-state index is 12.1. The predicted octanol–water partition coefficient (Wildman–Crippen LogP) is 2.16. The number of thioether (sulfide) groups is 1. The second-order valence-electron chi connectivity index (χ2n) is 6.62. The van der Waals surface area contributed by atoms with Crippen molar-refractivity contribution >= 4 is 17.7 Å². The molecule has 1 aliphatic rings. The Morgan fingerprint density at radius 3 is 2.67 bits per heavy atom. The SMILES string of the molecule is CC(=O)OC1C[C@H](n2cc(C)c(=O)[nH]c2=O)O[C@@H]1CSc1ccc(C)cc1. The van der Waals surface area contributed by atoms with Crippen LogP contribution in [-0.4, -0.2) is 33.5 Å². The van der Waals surface area contributed by atoms with E-state index >= 15 is 0 Å². The van der Waals surface area contributed by atoms with Crippen molar-refractivity contribution in [2.24, 2.45) is 0 Å². The highest BCUT2D eigenvalue weighted by atomic mass is 32.2. The molecular formula is C19H22N2O5S. The number of nitrogens with one attached hydrogen (secondary N) is 1. The topological polar surface area (TPSA) is 90.4 Å². The summed E-state index contributed by atoms with van der Waals surface area (Å²) in [6.07, 6.45) is 0.422. The van der Waals surface area contributed by atoms with Crippen molar-refractivity contribution in [2.45, 2.75) is 50.5 Å². The Morgan fingerprint density at radius 2 is 2.00 bits per heavy atom. The fourth-order valence-corrected chi connectivity index (χ4v) is 3.95. The van der Waals surface area contributed by atoms with Crippen molar-refractivity contribution in [3.8, 4) is 0 Å². The van der Waals surface area contributed by atoms with Crippen molar-refractivity contribution in [1.82, 2.24) is 9.55 Å². The first-order valence-corrected chi connectivity index (χ1v) is 9.66. The fraction of sp³-hybridized carbons (Fsp3) is 0.421. The van der Waals surface area contributed by atoms with E-state index in [-0.39, 0.29) is 12.1 Å². The Kier molecular flexibility index (Phi) is 5.86. The third-order valence-electron chi connectivity index (χ3n) is 4.39. The second kappa shape index (κ2) is 8.14. The lowest BCUT2D eigenvalue weighted by molar-refractivity contribution is -0.148. The molecule has 1 aliphatic heterocycles. The molecule has 1 aromatic carbocycles. The van der Waals surface area contributed by atoms with Crippen molar-refractivity contribution in [3.63, 3.8) is 0 Å². The molecule has 7 nitrogen and oxygen atoms in total. The molecule has 8 heteroatoms. The van der Waals surface area contributed by atoms with Gasteiger partial charge >= 0.3 is 11.7 Å². The predicted molar refractivity (Wildman–Crippen MR) is 102 cm³/mol. The van der Waals surface area contributed by atoms with E-state index in [0.29, 0.717) is 17.7 Å². The van der Waals surface area contributed by atoms with Crippen molar-refractivity contribution in [1.29, 1.82) is 0 Å². The molecule has 27 heavy (non-hydrogen) atoms. The summed E-state index contributed by atoms with van der Waals surface area (Å²) in [7, 11) is 0. The maximum atomic E-state index is 12.1. The molecule has 1 saturated heterocycles. The van der Waals surface area contributed by atoms with Crippen LogP contribution in [0.5, 0.6) is 0 Å². The van der Waals surface area contributed by atoms with Gasteiger partial charge in [0.15, 0.2) is 0 Å². The van der Waals surface area contributed by atoms with Gasteiger partial charge in [0.2, 0.25) is 0 Å². The lowest BCUT2D eigenvalue weighted by atomic mass is 10.2. The zero-order valence-corrected chi connectivity index (χ0v) is 16.2. The molecule has 0 radical (unpaired) electrons. The van der Waals surface area contributed by atoms with Crippen molar-refractivity contribution in [3.05, 3.63) is 62.4 Å². The van der Waals surface area contributed by atoms with Crippen LogP contribution in [0, 0.1) is 13.8 Å². The largest absolute Gasteiger partial charge is 0.460 e. The first-order chi connectivity index (χ1) is 12.8. The van der Waals surface area contributed by atoms with Gasteiger partial charge in [0.25, 0.3) is 5.56 Å². The molecular weight excluding hydrogens is 368 g/mol. The van der Waals surface area contributed by atoms with Gasteiger partial charge in [0.05, 0.1) is 0 Å². The molecule has 3 atom stereocenters. The van der Waals surface area contributed by atoms with E-state index in [9.17, 15) is 14.4 Å². The van der Waals surface area contributed by atoms with Gasteiger partial charge in [-0.05, 0) is 26.0 Å². The van der Waals surface area contributed by atoms with Crippen LogP contribution in [0.1, 0.15) is 30.7 Å². The van der Waals surface area contributed by atoms with E-state index in [1.807, 2.05) is 31.2 Å². The molecule has 0 spiro atoms. The zero-order valence-electron chi connectivity index (χ0n) is 15.4. The molecule has 1 fully saturated rings. The molecule has 1 aromatic heterocycles. The molecule has 3 rings (SSSR count). The van der Waals surface area contributed by atoms with Gasteiger partial charge in [-0.15, -0.1) is 11.8 Å². The molecule has 0 amide bonds. The van der Waals surface area contributed by atoms with E-state index in [0.717, 1.165) is 4.90 Å². The van der Waals surface area contributed by atoms with Crippen LogP contribution < -0.4 is 11.2 Å². The minimum absolute atomic E-state index is 0.351. The summed E-state index contributed by atoms with van der Waals surface area (Å²) in [5.74, 6) is 0.189. The third kappa shape index (κ3) is 4.70. The number of nitrogens with zero attached hydrogens (tertiary/aromatic N) is 1. The van der Waals surface area contributed by atoms with E-state index in [1.165, 1.54) is 23.3 Å². The van der Waals surface area contributed by atoms with Gasteiger partial charge in [-0.1, -0.05) is 17.7 Å². The zero-order chi connectivity index (χ0) is 19.6. The standard InChI is InChI=1S/C19H22N2O5S/c1-11-4-6-14(7-5-11)27-10-16-15(25-13(3)22)8-17(26-16)21-9-12(2)18(23)20-19(21)24/h4-7,9,15-17H,8,10H2,1-3H3,(H,20,23,24)/t15?,16-,17-/m1/s1. The highest BCUT2D eigenvalue weighted by Crippen LogP contribution is 2.33. The molecule has 0 aliphatic carbocycles. The number of aromatic nitrogens is 2. The van der Waals surface area contributed by atoms with E-state index < -0.39 is 23.6 Å². The van der Waals surface area contributed by atoms with Crippen molar-refractivity contribution in [2.75, 3.05) is 5.75 Å². The molecule has 1 N–H and O–H groups in total. The Labute approximate surface area is 160 Å². The number of carbonyl (C=O) groups excluding carboxylic acids is 1. The monoisotopic (exact) mass is 390 g/mol. The first-order valence-electron chi connectivity index (χ1n) is 8.67. The summed E-state index contributed by atoms with van der Waals surface area (Å²) in [5, 5.41) is 0. The number of hydrogen-bond donors (Lipinski definition) is 1. The Morgan fingerprint density at radius 1 is 1.30 bits per heavy atom. The molecule has 2 aromatic rings. The fourth-order valence-electron chi connectivity index (χ4n) is 2.97. The number of H-pyrrole nitrogens is 1. The molecule has 0 saturated carbocycles. The number of rotatable bonds is 5. The first kappa shape index (κ1) is 19.4. The normalized spacial score (nSPS) is 22.0. The van der Waals surface area contributed by atoms with Crippen LogP contribution in [-0.2, 0) is 14.3 Å². The summed E-state index contributed by atoms with van der Waals surface area (Å²) in [6, 6.07) is 8.13. The Bertz CT molecular complexity index is 934. The number of esters is 1. The van der Waals surface area contributed by atoms with E-state index in [4.69, 9.17) is 9.47 Å². The van der Waals surface area contributed by atoms with Crippen LogP contribution in [0.4, 0.5) is 0 Å². The van der Waals surface area contributed by atoms with Crippen LogP contribution in [0.25, 0.3) is 0 Å². The summed E-state index contributed by atoms with van der Waals surface area (Å²) in [5.41, 5.74) is 0.642. The van der Waals surface area contributed by atoms with Crippen LogP contribution >= 0.6 is 11.8 Å². The number of aromatic amines is 1. The molecule has 144 valence electrons. The lowest BCUT2D eigenvalue weighted by Crippen LogP contribution is -2.33. The number of aryl methyl sites for hydroxylation is 2. The van der Waals surface area contributed by atoms with Crippen molar-refractivity contribution < 1.29 is 14.3 Å². The lowest BCUT2D eigenvalue weighted by Gasteiger charge is -2.18. The van der Waals surface area contributed by atoms with Crippen LogP contribution in [0.3, 0.4) is 0 Å². The Hall–Kier alpha value is -2.32. The van der Waals surface area contributed by atoms with Gasteiger partial charge < -0.3 is 9.47 Å². The van der Waals surface area contributed by atoms with Gasteiger partial charge in [-0.25, -0.2) is 4.79 Å². The maximum Gasteiger partial charge on any atom is 0.330 e. The third-order valence-corrected chi connectivity index (χ3v) is 5.49. The quantitative estimate of drug-likeness (QED) is 0.622. The van der Waals surface area contributed by atoms with E-state index in [2.05, 4.69) is 4.98 Å². The van der Waals surface area contributed by atoms with Gasteiger partial charge in [0, 0.05) is 35.8 Å². The summed E-state index contributed by atoms with van der Waals surface area (Å²) < 4.78 is 12.8. The number of benzene rings is 1. The summed E-state index contributed by atoms with van der Waals surface area (Å²) >= 11 is 1.60.